The second kappa shape index (κ2) is 7.28. The van der Waals surface area contributed by atoms with Gasteiger partial charge in [-0.1, -0.05) is 30.3 Å². The molecule has 0 saturated carbocycles. The number of carbonyl (C=O) groups is 1. The van der Waals surface area contributed by atoms with Gasteiger partial charge in [-0.15, -0.1) is 0 Å². The second-order valence-electron chi connectivity index (χ2n) is 6.76. The third kappa shape index (κ3) is 3.52. The van der Waals surface area contributed by atoms with Crippen LogP contribution in [-0.4, -0.2) is 47.4 Å². The van der Waals surface area contributed by atoms with E-state index in [4.69, 9.17) is 0 Å². The average molecular weight is 300 g/mol. The van der Waals surface area contributed by atoms with E-state index in [0.29, 0.717) is 12.1 Å². The maximum absolute atomic E-state index is 11.8. The molecular weight excluding hydrogens is 272 g/mol. The van der Waals surface area contributed by atoms with Crippen molar-refractivity contribution in [3.8, 4) is 0 Å². The van der Waals surface area contributed by atoms with Crippen molar-refractivity contribution in [3.05, 3.63) is 35.9 Å². The quantitative estimate of drug-likeness (QED) is 0.834. The summed E-state index contributed by atoms with van der Waals surface area (Å²) in [7, 11) is 0. The van der Waals surface area contributed by atoms with Gasteiger partial charge in [-0.05, 0) is 57.2 Å². The average Bonchev–Trinajstić information content (AvgIpc) is 3.16. The molecule has 0 spiro atoms. The van der Waals surface area contributed by atoms with Crippen molar-refractivity contribution in [2.24, 2.45) is 0 Å². The first kappa shape index (κ1) is 15.5. The molecule has 3 nitrogen and oxygen atoms in total. The lowest BCUT2D eigenvalue weighted by Gasteiger charge is -2.34. The van der Waals surface area contributed by atoms with Gasteiger partial charge in [0.25, 0.3) is 0 Å². The van der Waals surface area contributed by atoms with Crippen LogP contribution in [0.2, 0.25) is 0 Å². The van der Waals surface area contributed by atoms with Crippen molar-refractivity contribution in [2.45, 2.75) is 57.5 Å². The van der Waals surface area contributed by atoms with Crippen LogP contribution in [0.4, 0.5) is 0 Å². The van der Waals surface area contributed by atoms with Gasteiger partial charge in [0, 0.05) is 25.6 Å². The lowest BCUT2D eigenvalue weighted by Crippen LogP contribution is -2.47. The topological polar surface area (TPSA) is 23.6 Å². The Balaban J connectivity index is 1.53. The number of rotatable bonds is 5. The van der Waals surface area contributed by atoms with Crippen molar-refractivity contribution >= 4 is 5.91 Å². The minimum atomic E-state index is 0.263. The lowest BCUT2D eigenvalue weighted by atomic mass is 10.0. The molecule has 3 heteroatoms. The van der Waals surface area contributed by atoms with E-state index < -0.39 is 0 Å². The van der Waals surface area contributed by atoms with E-state index in [1.807, 2.05) is 0 Å². The Bertz CT molecular complexity index is 487. The highest BCUT2D eigenvalue weighted by Gasteiger charge is 2.38. The molecule has 2 aliphatic heterocycles. The summed E-state index contributed by atoms with van der Waals surface area (Å²) in [6.07, 6.45) is 7.30. The molecule has 0 radical (unpaired) electrons. The van der Waals surface area contributed by atoms with Crippen LogP contribution in [0.25, 0.3) is 0 Å². The second-order valence-corrected chi connectivity index (χ2v) is 6.76. The van der Waals surface area contributed by atoms with Crippen LogP contribution in [0.5, 0.6) is 0 Å². The summed E-state index contributed by atoms with van der Waals surface area (Å²) in [6, 6.07) is 11.8. The van der Waals surface area contributed by atoms with Gasteiger partial charge in [-0.2, -0.15) is 0 Å². The zero-order valence-corrected chi connectivity index (χ0v) is 13.7. The highest BCUT2D eigenvalue weighted by molar-refractivity contribution is 5.74. The smallest absolute Gasteiger partial charge is 0.219 e. The Morgan fingerprint density at radius 3 is 2.59 bits per heavy atom. The number of benzene rings is 1. The van der Waals surface area contributed by atoms with Gasteiger partial charge in [0.2, 0.25) is 5.91 Å². The van der Waals surface area contributed by atoms with Crippen LogP contribution in [0.3, 0.4) is 0 Å². The third-order valence-corrected chi connectivity index (χ3v) is 5.32. The Morgan fingerprint density at radius 2 is 1.82 bits per heavy atom. The number of likely N-dealkylation sites (tertiary alicyclic amines) is 2. The molecule has 3 rings (SSSR count). The molecule has 1 aromatic rings. The molecule has 2 saturated heterocycles. The fourth-order valence-electron chi connectivity index (χ4n) is 4.28. The van der Waals surface area contributed by atoms with Crippen LogP contribution in [0.1, 0.15) is 44.6 Å². The molecule has 0 unspecified atom stereocenters. The highest BCUT2D eigenvalue weighted by atomic mass is 16.2. The molecule has 2 atom stereocenters. The monoisotopic (exact) mass is 300 g/mol. The summed E-state index contributed by atoms with van der Waals surface area (Å²) < 4.78 is 0. The highest BCUT2D eigenvalue weighted by Crippen LogP contribution is 2.30. The summed E-state index contributed by atoms with van der Waals surface area (Å²) in [5.74, 6) is 0.263. The molecule has 120 valence electrons. The van der Waals surface area contributed by atoms with E-state index in [1.54, 1.807) is 6.92 Å². The van der Waals surface area contributed by atoms with Gasteiger partial charge in [0.15, 0.2) is 0 Å². The van der Waals surface area contributed by atoms with Crippen molar-refractivity contribution in [3.63, 3.8) is 0 Å². The van der Waals surface area contributed by atoms with Crippen molar-refractivity contribution in [1.29, 1.82) is 0 Å². The fraction of sp³-hybridized carbons (Fsp3) is 0.632. The SMILES string of the molecule is CC(=O)N1CCC[C@H]1[C@H]1CCCN1CCCc1ccccc1. The van der Waals surface area contributed by atoms with Gasteiger partial charge < -0.3 is 4.90 Å². The summed E-state index contributed by atoms with van der Waals surface area (Å²) in [5, 5.41) is 0. The molecule has 0 aromatic heterocycles. The van der Waals surface area contributed by atoms with E-state index in [9.17, 15) is 4.79 Å². The predicted octanol–water partition coefficient (Wildman–Crippen LogP) is 3.09. The number of hydrogen-bond acceptors (Lipinski definition) is 2. The van der Waals surface area contributed by atoms with Gasteiger partial charge in [-0.3, -0.25) is 9.69 Å². The first-order valence-corrected chi connectivity index (χ1v) is 8.81. The molecule has 2 heterocycles. The zero-order chi connectivity index (χ0) is 15.4. The molecular formula is C19H28N2O. The van der Waals surface area contributed by atoms with Crippen LogP contribution in [-0.2, 0) is 11.2 Å². The fourth-order valence-corrected chi connectivity index (χ4v) is 4.28. The molecule has 0 N–H and O–H groups in total. The number of aryl methyl sites for hydroxylation is 1. The molecule has 0 aliphatic carbocycles. The minimum absolute atomic E-state index is 0.263. The predicted molar refractivity (Wildman–Crippen MR) is 89.8 cm³/mol. The number of nitrogens with zero attached hydrogens (tertiary/aromatic N) is 2. The van der Waals surface area contributed by atoms with Gasteiger partial charge >= 0.3 is 0 Å². The molecule has 1 aromatic carbocycles. The van der Waals surface area contributed by atoms with E-state index in [1.165, 1.54) is 50.8 Å². The maximum atomic E-state index is 11.8. The largest absolute Gasteiger partial charge is 0.338 e. The van der Waals surface area contributed by atoms with Crippen LogP contribution >= 0.6 is 0 Å². The normalized spacial score (nSPS) is 25.8. The minimum Gasteiger partial charge on any atom is -0.338 e. The first-order valence-electron chi connectivity index (χ1n) is 8.81. The third-order valence-electron chi connectivity index (χ3n) is 5.32. The van der Waals surface area contributed by atoms with Gasteiger partial charge in [0.05, 0.1) is 0 Å². The van der Waals surface area contributed by atoms with Crippen molar-refractivity contribution < 1.29 is 4.79 Å². The Kier molecular flexibility index (Phi) is 5.14. The number of amides is 1. The van der Waals surface area contributed by atoms with E-state index in [2.05, 4.69) is 40.1 Å². The van der Waals surface area contributed by atoms with Crippen LogP contribution in [0.15, 0.2) is 30.3 Å². The summed E-state index contributed by atoms with van der Waals surface area (Å²) in [4.78, 5) is 16.6. The molecule has 22 heavy (non-hydrogen) atoms. The maximum Gasteiger partial charge on any atom is 0.219 e. The van der Waals surface area contributed by atoms with Crippen LogP contribution < -0.4 is 0 Å². The zero-order valence-electron chi connectivity index (χ0n) is 13.7. The number of hydrogen-bond donors (Lipinski definition) is 0. The van der Waals surface area contributed by atoms with Gasteiger partial charge in [-0.25, -0.2) is 0 Å². The molecule has 2 fully saturated rings. The molecule has 0 bridgehead atoms. The molecule has 1 amide bonds. The summed E-state index contributed by atoms with van der Waals surface area (Å²) in [6.45, 7) is 5.07. The van der Waals surface area contributed by atoms with Crippen molar-refractivity contribution in [2.75, 3.05) is 19.6 Å². The molecule has 2 aliphatic rings. The number of carbonyl (C=O) groups excluding carboxylic acids is 1. The van der Waals surface area contributed by atoms with E-state index >= 15 is 0 Å². The first-order chi connectivity index (χ1) is 10.8. The Morgan fingerprint density at radius 1 is 1.09 bits per heavy atom. The lowest BCUT2D eigenvalue weighted by molar-refractivity contribution is -0.130. The summed E-state index contributed by atoms with van der Waals surface area (Å²) >= 11 is 0. The summed E-state index contributed by atoms with van der Waals surface area (Å²) in [5.41, 5.74) is 1.43. The van der Waals surface area contributed by atoms with E-state index in [-0.39, 0.29) is 5.91 Å². The van der Waals surface area contributed by atoms with Crippen LogP contribution in [0, 0.1) is 0 Å². The van der Waals surface area contributed by atoms with Crippen molar-refractivity contribution in [1.82, 2.24) is 9.80 Å². The Hall–Kier alpha value is -1.35. The van der Waals surface area contributed by atoms with Gasteiger partial charge in [0.1, 0.15) is 0 Å². The van der Waals surface area contributed by atoms with E-state index in [0.717, 1.165) is 13.0 Å². The standard InChI is InChI=1S/C19H28N2O/c1-16(22)21-15-7-12-19(21)18-11-6-14-20(18)13-5-10-17-8-3-2-4-9-17/h2-4,8-9,18-19H,5-7,10-15H2,1H3/t18-,19+/m1/s1. The Labute approximate surface area is 134 Å².